The van der Waals surface area contributed by atoms with Gasteiger partial charge in [0.05, 0.1) is 22.9 Å². The first-order valence-corrected chi connectivity index (χ1v) is 6.52. The number of benzene rings is 2. The maximum Gasteiger partial charge on any atom is 0.185 e. The Morgan fingerprint density at radius 2 is 1.86 bits per heavy atom. The molecule has 0 spiro atoms. The molecular formula is C17H13N3O. The summed E-state index contributed by atoms with van der Waals surface area (Å²) in [4.78, 5) is 20.8. The van der Waals surface area contributed by atoms with E-state index in [1.54, 1.807) is 36.5 Å². The molecule has 1 heterocycles. The maximum absolute atomic E-state index is 12.0. The predicted octanol–water partition coefficient (Wildman–Crippen LogP) is 3.11. The van der Waals surface area contributed by atoms with Crippen LogP contribution in [-0.4, -0.2) is 15.8 Å². The second kappa shape index (κ2) is 5.54. The minimum Gasteiger partial charge on any atom is -0.399 e. The first-order chi connectivity index (χ1) is 10.2. The van der Waals surface area contributed by atoms with Gasteiger partial charge in [0, 0.05) is 11.3 Å². The number of nitrogen functional groups attached to an aromatic ring is 1. The molecule has 2 N–H and O–H groups in total. The first kappa shape index (κ1) is 13.0. The number of carbonyl (C=O) groups is 1. The highest BCUT2D eigenvalue weighted by molar-refractivity contribution is 6.07. The molecule has 0 radical (unpaired) electrons. The van der Waals surface area contributed by atoms with E-state index in [4.69, 9.17) is 5.73 Å². The summed E-state index contributed by atoms with van der Waals surface area (Å²) in [6.45, 7) is 0. The normalized spacial score (nSPS) is 11.0. The fourth-order valence-electron chi connectivity index (χ4n) is 2.00. The number of nitrogens with two attached hydrogens (primary N) is 1. The number of hydrogen-bond donors (Lipinski definition) is 1. The molecule has 3 aromatic rings. The van der Waals surface area contributed by atoms with E-state index < -0.39 is 0 Å². The number of rotatable bonds is 3. The molecule has 0 unspecified atom stereocenters. The lowest BCUT2D eigenvalue weighted by Gasteiger charge is -1.99. The van der Waals surface area contributed by atoms with Crippen LogP contribution < -0.4 is 5.73 Å². The molecule has 0 aliphatic rings. The summed E-state index contributed by atoms with van der Waals surface area (Å²) >= 11 is 0. The summed E-state index contributed by atoms with van der Waals surface area (Å²) in [5.41, 5.74) is 9.07. The Morgan fingerprint density at radius 1 is 1.05 bits per heavy atom. The Kier molecular flexibility index (Phi) is 3.43. The highest BCUT2D eigenvalue weighted by Crippen LogP contribution is 2.11. The van der Waals surface area contributed by atoms with Gasteiger partial charge in [0.25, 0.3) is 0 Å². The fraction of sp³-hybridized carbons (Fsp3) is 0. The number of anilines is 1. The molecule has 1 aromatic heterocycles. The molecule has 0 saturated heterocycles. The van der Waals surface area contributed by atoms with Crippen LogP contribution in [0.3, 0.4) is 0 Å². The molecule has 4 heteroatoms. The molecule has 0 saturated carbocycles. The molecule has 3 rings (SSSR count). The summed E-state index contributed by atoms with van der Waals surface area (Å²) in [5, 5.41) is 0. The van der Waals surface area contributed by atoms with Gasteiger partial charge >= 0.3 is 0 Å². The second-order valence-corrected chi connectivity index (χ2v) is 4.61. The van der Waals surface area contributed by atoms with E-state index in [-0.39, 0.29) is 5.78 Å². The minimum absolute atomic E-state index is 0.114. The number of para-hydroxylation sites is 2. The monoisotopic (exact) mass is 275 g/mol. The summed E-state index contributed by atoms with van der Waals surface area (Å²) in [5.74, 6) is -0.114. The number of aromatic nitrogens is 2. The van der Waals surface area contributed by atoms with Gasteiger partial charge in [-0.2, -0.15) is 0 Å². The first-order valence-electron chi connectivity index (χ1n) is 6.52. The van der Waals surface area contributed by atoms with E-state index in [9.17, 15) is 4.79 Å². The van der Waals surface area contributed by atoms with E-state index in [1.165, 1.54) is 6.08 Å². The van der Waals surface area contributed by atoms with Crippen molar-refractivity contribution in [1.29, 1.82) is 0 Å². The number of carbonyl (C=O) groups excluding carboxylic acids is 1. The van der Waals surface area contributed by atoms with Crippen molar-refractivity contribution in [2.45, 2.75) is 0 Å². The Balaban J connectivity index is 1.85. The standard InChI is InChI=1S/C17H13N3O/c18-13-5-3-4-12(10-13)17(21)9-8-14-11-19-15-6-1-2-7-16(15)20-14/h1-11H,18H2/b9-8+. The molecule has 21 heavy (non-hydrogen) atoms. The highest BCUT2D eigenvalue weighted by Gasteiger charge is 2.02. The van der Waals surface area contributed by atoms with Crippen LogP contribution in [0.5, 0.6) is 0 Å². The van der Waals surface area contributed by atoms with Crippen LogP contribution in [0.25, 0.3) is 17.1 Å². The van der Waals surface area contributed by atoms with Gasteiger partial charge in [0.2, 0.25) is 0 Å². The van der Waals surface area contributed by atoms with E-state index in [0.717, 1.165) is 11.0 Å². The Morgan fingerprint density at radius 3 is 2.67 bits per heavy atom. The zero-order chi connectivity index (χ0) is 14.7. The Hall–Kier alpha value is -3.01. The lowest BCUT2D eigenvalue weighted by Crippen LogP contribution is -1.96. The van der Waals surface area contributed by atoms with Gasteiger partial charge in [-0.1, -0.05) is 24.3 Å². The average Bonchev–Trinajstić information content (AvgIpc) is 2.52. The molecule has 102 valence electrons. The molecule has 0 aliphatic carbocycles. The molecule has 4 nitrogen and oxygen atoms in total. The van der Waals surface area contributed by atoms with Crippen LogP contribution >= 0.6 is 0 Å². The van der Waals surface area contributed by atoms with Crippen molar-refractivity contribution in [2.24, 2.45) is 0 Å². The minimum atomic E-state index is -0.114. The SMILES string of the molecule is Nc1cccc(C(=O)/C=C/c2cnc3ccccc3n2)c1. The largest absolute Gasteiger partial charge is 0.399 e. The quantitative estimate of drug-likeness (QED) is 0.453. The lowest BCUT2D eigenvalue weighted by atomic mass is 10.1. The van der Waals surface area contributed by atoms with E-state index in [2.05, 4.69) is 9.97 Å². The van der Waals surface area contributed by atoms with E-state index in [1.807, 2.05) is 24.3 Å². The van der Waals surface area contributed by atoms with Crippen molar-refractivity contribution in [2.75, 3.05) is 5.73 Å². The van der Waals surface area contributed by atoms with Crippen molar-refractivity contribution in [1.82, 2.24) is 9.97 Å². The van der Waals surface area contributed by atoms with Crippen LogP contribution in [0.15, 0.2) is 60.8 Å². The zero-order valence-corrected chi connectivity index (χ0v) is 11.2. The molecule has 2 aromatic carbocycles. The van der Waals surface area contributed by atoms with Gasteiger partial charge in [0.1, 0.15) is 0 Å². The molecule has 0 amide bonds. The van der Waals surface area contributed by atoms with Gasteiger partial charge in [-0.25, -0.2) is 4.98 Å². The summed E-state index contributed by atoms with van der Waals surface area (Å²) in [6.07, 6.45) is 4.78. The van der Waals surface area contributed by atoms with Crippen LogP contribution in [-0.2, 0) is 0 Å². The van der Waals surface area contributed by atoms with Crippen LogP contribution in [0.1, 0.15) is 16.1 Å². The molecule has 0 fully saturated rings. The van der Waals surface area contributed by atoms with Gasteiger partial charge in [-0.05, 0) is 36.4 Å². The van der Waals surface area contributed by atoms with Crippen LogP contribution in [0, 0.1) is 0 Å². The van der Waals surface area contributed by atoms with Crippen molar-refractivity contribution in [3.05, 3.63) is 72.1 Å². The van der Waals surface area contributed by atoms with Gasteiger partial charge in [0.15, 0.2) is 5.78 Å². The van der Waals surface area contributed by atoms with Gasteiger partial charge in [-0.3, -0.25) is 9.78 Å². The third-order valence-electron chi connectivity index (χ3n) is 3.04. The summed E-state index contributed by atoms with van der Waals surface area (Å²) in [7, 11) is 0. The third-order valence-corrected chi connectivity index (χ3v) is 3.04. The average molecular weight is 275 g/mol. The molecule has 0 bridgehead atoms. The fourth-order valence-corrected chi connectivity index (χ4v) is 2.00. The highest BCUT2D eigenvalue weighted by atomic mass is 16.1. The van der Waals surface area contributed by atoms with Crippen LogP contribution in [0.4, 0.5) is 5.69 Å². The van der Waals surface area contributed by atoms with Crippen LogP contribution in [0.2, 0.25) is 0 Å². The molecule has 0 atom stereocenters. The predicted molar refractivity (Wildman–Crippen MR) is 83.8 cm³/mol. The summed E-state index contributed by atoms with van der Waals surface area (Å²) < 4.78 is 0. The third kappa shape index (κ3) is 2.95. The summed E-state index contributed by atoms with van der Waals surface area (Å²) in [6, 6.07) is 14.5. The van der Waals surface area contributed by atoms with Crippen molar-refractivity contribution in [3.63, 3.8) is 0 Å². The Labute approximate surface area is 122 Å². The van der Waals surface area contributed by atoms with Crippen molar-refractivity contribution < 1.29 is 4.79 Å². The maximum atomic E-state index is 12.0. The van der Waals surface area contributed by atoms with E-state index in [0.29, 0.717) is 16.9 Å². The number of hydrogen-bond acceptors (Lipinski definition) is 4. The second-order valence-electron chi connectivity index (χ2n) is 4.61. The number of ketones is 1. The lowest BCUT2D eigenvalue weighted by molar-refractivity contribution is 0.104. The zero-order valence-electron chi connectivity index (χ0n) is 11.2. The molecular weight excluding hydrogens is 262 g/mol. The number of nitrogens with zero attached hydrogens (tertiary/aromatic N) is 2. The van der Waals surface area contributed by atoms with Gasteiger partial charge in [-0.15, -0.1) is 0 Å². The molecule has 0 aliphatic heterocycles. The Bertz CT molecular complexity index is 840. The van der Waals surface area contributed by atoms with Crippen molar-refractivity contribution in [3.8, 4) is 0 Å². The smallest absolute Gasteiger partial charge is 0.185 e. The van der Waals surface area contributed by atoms with Gasteiger partial charge < -0.3 is 5.73 Å². The topological polar surface area (TPSA) is 68.9 Å². The van der Waals surface area contributed by atoms with Crippen molar-refractivity contribution >= 4 is 28.6 Å². The van der Waals surface area contributed by atoms with E-state index >= 15 is 0 Å². The number of allylic oxidation sites excluding steroid dienone is 1. The number of fused-ring (bicyclic) bond motifs is 1.